The van der Waals surface area contributed by atoms with Crippen LogP contribution in [0.15, 0.2) is 60.7 Å². The molecule has 0 fully saturated rings. The Morgan fingerprint density at radius 2 is 0.863 bits per heavy atom. The van der Waals surface area contributed by atoms with Crippen LogP contribution in [0.5, 0.6) is 0 Å². The summed E-state index contributed by atoms with van der Waals surface area (Å²) in [4.78, 5) is 149. The first-order valence-electron chi connectivity index (χ1n) is 20.9. The van der Waals surface area contributed by atoms with E-state index in [9.17, 15) is 57.5 Å². The van der Waals surface area contributed by atoms with Gasteiger partial charge in [0.05, 0.1) is 42.6 Å². The van der Waals surface area contributed by atoms with Gasteiger partial charge in [-0.1, -0.05) is 91.1 Å². The number of thioether (sulfide) groups is 2. The zero-order valence-electron chi connectivity index (χ0n) is 39.2. The van der Waals surface area contributed by atoms with E-state index in [2.05, 4.69) is 111 Å². The predicted molar refractivity (Wildman–Crippen MR) is 290 cm³/mol. The van der Waals surface area contributed by atoms with Crippen molar-refractivity contribution < 1.29 is 72.2 Å². The first-order chi connectivity index (χ1) is 34.7. The molecule has 1 atom stereocenters. The zero-order valence-corrected chi connectivity index (χ0v) is 45.3. The fraction of sp³-hybridized carbons (Fsp3) is 0.405. The number of carbonyl (C=O) groups is 12. The summed E-state index contributed by atoms with van der Waals surface area (Å²) < 4.78 is 0. The number of hydrogen-bond donors (Lipinski definition) is 15. The van der Waals surface area contributed by atoms with Crippen LogP contribution in [0, 0.1) is 0 Å². The van der Waals surface area contributed by atoms with Gasteiger partial charge < -0.3 is 53.0 Å². The lowest BCUT2D eigenvalue weighted by atomic mass is 10.2. The molecule has 73 heavy (non-hydrogen) atoms. The van der Waals surface area contributed by atoms with Gasteiger partial charge in [0.2, 0.25) is 51.6 Å². The van der Waals surface area contributed by atoms with E-state index >= 15 is 0 Å². The van der Waals surface area contributed by atoms with Crippen LogP contribution in [0.2, 0.25) is 0 Å². The average molecular weight is 1150 g/mol. The Balaban J connectivity index is -0.000000937. The fourth-order valence-corrected chi connectivity index (χ4v) is 5.77. The molecule has 10 N–H and O–H groups in total. The molecule has 0 heterocycles. The Bertz CT molecular complexity index is 2060. The summed E-state index contributed by atoms with van der Waals surface area (Å²) in [5, 5.41) is 29.6. The van der Waals surface area contributed by atoms with Crippen LogP contribution in [0.3, 0.4) is 0 Å². The van der Waals surface area contributed by atoms with E-state index < -0.39 is 48.0 Å². The summed E-state index contributed by atoms with van der Waals surface area (Å²) in [6, 6.07) is 17.6. The van der Waals surface area contributed by atoms with Crippen molar-refractivity contribution in [3.63, 3.8) is 0 Å². The minimum atomic E-state index is -1.18. The standard InChI is InChI=1S/C20H20N2O4S2.C8H13N3O5S.C7H14N2O2S2.C6H12N2O2S2.CO2/c23-17(21-11-12-27-19(25)15-7-3-1-4-8-15)13-22-18(24)14-28-20(26)16-9-5-2-6-10-16;12-5(2-10-7(14)4-17)9-1-6(13)11-3-8(15)16;1-5(13)4-9-7(11)6(10)8-2-3-12;9-5(3-11)7-1-2-8-6(10)4-12;2-1-3/h1-10H,11-14H2,(H,21,23)(H,22,24);17H,1-4H2,(H,9,12)(H,10,14)(H,11,13)(H,15,16);5,12-13H,2-4H2,1H3,(H,8,10)(H,9,11);11-12H,1-4H2,(H,7,9)(H,8,10);. The van der Waals surface area contributed by atoms with Gasteiger partial charge in [-0.05, 0) is 0 Å². The molecule has 2 aromatic rings. The van der Waals surface area contributed by atoms with Crippen molar-refractivity contribution in [1.82, 2.24) is 47.9 Å². The summed E-state index contributed by atoms with van der Waals surface area (Å²) >= 11 is 21.2. The first-order valence-corrected chi connectivity index (χ1v) is 25.9. The molecule has 1 unspecified atom stereocenters. The Morgan fingerprint density at radius 1 is 0.493 bits per heavy atom. The molecule has 24 nitrogen and oxygen atoms in total. The van der Waals surface area contributed by atoms with Crippen molar-refractivity contribution in [3.05, 3.63) is 71.8 Å². The number of amides is 9. The van der Waals surface area contributed by atoms with Crippen molar-refractivity contribution in [1.29, 1.82) is 0 Å². The van der Waals surface area contributed by atoms with Crippen molar-refractivity contribution in [2.45, 2.75) is 12.2 Å². The number of nitrogens with one attached hydrogen (secondary N) is 9. The Kier molecular flexibility index (Phi) is 47.6. The smallest absolute Gasteiger partial charge is 0.373 e. The van der Waals surface area contributed by atoms with Gasteiger partial charge in [-0.15, -0.1) is 0 Å². The largest absolute Gasteiger partial charge is 0.480 e. The van der Waals surface area contributed by atoms with E-state index in [-0.39, 0.29) is 82.0 Å². The third kappa shape index (κ3) is 47.1. The lowest BCUT2D eigenvalue weighted by Crippen LogP contribution is -2.43. The van der Waals surface area contributed by atoms with Gasteiger partial charge in [0.15, 0.2) is 0 Å². The Morgan fingerprint density at radius 3 is 1.29 bits per heavy atom. The molecular weight excluding hydrogens is 1090 g/mol. The van der Waals surface area contributed by atoms with Crippen LogP contribution >= 0.6 is 86.7 Å². The minimum absolute atomic E-state index is 0.0353. The van der Waals surface area contributed by atoms with Crippen molar-refractivity contribution in [3.8, 4) is 0 Å². The SMILES string of the molecule is CC(S)CNC(=O)C(=O)NCCS.O=C(CNC(=O)CSC(=O)c1ccccc1)NCCSC(=O)c1ccccc1.O=C(CS)NCCNC(=O)CS.O=C(O)CNC(=O)CNC(=O)CNC(=O)CS.O=C=O. The van der Waals surface area contributed by atoms with Crippen LogP contribution in [-0.4, -0.2) is 179 Å². The monoisotopic (exact) mass is 1150 g/mol. The molecule has 2 rings (SSSR count). The highest BCUT2D eigenvalue weighted by molar-refractivity contribution is 8.14. The van der Waals surface area contributed by atoms with E-state index in [1.165, 1.54) is 0 Å². The van der Waals surface area contributed by atoms with E-state index in [1.54, 1.807) is 48.5 Å². The maximum absolute atomic E-state index is 11.9. The number of thiol groups is 5. The van der Waals surface area contributed by atoms with E-state index in [0.29, 0.717) is 55.4 Å². The molecular formula is C42H59N9O15S7. The summed E-state index contributed by atoms with van der Waals surface area (Å²) in [6.45, 7) is 2.50. The number of carboxylic acid groups (broad SMARTS) is 1. The maximum atomic E-state index is 11.9. The first kappa shape index (κ1) is 71.6. The quantitative estimate of drug-likeness (QED) is 0.0282. The summed E-state index contributed by atoms with van der Waals surface area (Å²) in [7, 11) is 0. The second kappa shape index (κ2) is 48.6. The van der Waals surface area contributed by atoms with Gasteiger partial charge >= 0.3 is 23.9 Å². The molecule has 0 bridgehead atoms. The van der Waals surface area contributed by atoms with Gasteiger partial charge in [-0.25, -0.2) is 0 Å². The highest BCUT2D eigenvalue weighted by atomic mass is 32.2. The topological polar surface area (TPSA) is 367 Å². The molecule has 0 aliphatic rings. The summed E-state index contributed by atoms with van der Waals surface area (Å²) in [5.41, 5.74) is 1.15. The molecule has 31 heteroatoms. The molecule has 0 radical (unpaired) electrons. The summed E-state index contributed by atoms with van der Waals surface area (Å²) in [5.74, 6) is -3.82. The number of benzene rings is 2. The van der Waals surface area contributed by atoms with Crippen molar-refractivity contribution in [2.75, 3.05) is 93.4 Å². The molecule has 2 aromatic carbocycles. The summed E-state index contributed by atoms with van der Waals surface area (Å²) in [6.07, 6.45) is 0.250. The predicted octanol–water partition coefficient (Wildman–Crippen LogP) is -2.32. The van der Waals surface area contributed by atoms with Gasteiger partial charge in [-0.2, -0.15) is 72.7 Å². The molecule has 0 saturated heterocycles. The minimum Gasteiger partial charge on any atom is -0.480 e. The molecule has 0 saturated carbocycles. The zero-order chi connectivity index (χ0) is 55.8. The van der Waals surface area contributed by atoms with Crippen molar-refractivity contribution >= 4 is 162 Å². The Hall–Kier alpha value is -5.69. The molecule has 0 spiro atoms. The van der Waals surface area contributed by atoms with Crippen LogP contribution in [0.25, 0.3) is 0 Å². The molecule has 404 valence electrons. The lowest BCUT2D eigenvalue weighted by molar-refractivity contribution is -0.192. The third-order valence-corrected chi connectivity index (χ3v) is 10.2. The van der Waals surface area contributed by atoms with Crippen LogP contribution in [-0.2, 0) is 57.5 Å². The second-order valence-electron chi connectivity index (χ2n) is 13.1. The van der Waals surface area contributed by atoms with E-state index in [4.69, 9.17) is 14.7 Å². The van der Waals surface area contributed by atoms with E-state index in [1.807, 2.05) is 19.1 Å². The normalized spacial score (nSPS) is 9.78. The molecule has 0 aliphatic heterocycles. The molecule has 9 amide bonds. The van der Waals surface area contributed by atoms with Gasteiger partial charge in [-0.3, -0.25) is 57.5 Å². The van der Waals surface area contributed by atoms with Crippen LogP contribution in [0.4, 0.5) is 0 Å². The molecule has 0 aromatic heterocycles. The van der Waals surface area contributed by atoms with E-state index in [0.717, 1.165) is 23.5 Å². The number of rotatable bonds is 25. The van der Waals surface area contributed by atoms with Gasteiger partial charge in [0.1, 0.15) is 6.54 Å². The lowest BCUT2D eigenvalue weighted by Gasteiger charge is -2.06. The highest BCUT2D eigenvalue weighted by Gasteiger charge is 2.13. The number of aliphatic carboxylic acids is 1. The highest BCUT2D eigenvalue weighted by Crippen LogP contribution is 2.12. The third-order valence-electron chi connectivity index (χ3n) is 7.15. The van der Waals surface area contributed by atoms with Gasteiger partial charge in [0, 0.05) is 60.6 Å². The number of carboxylic acids is 1. The maximum Gasteiger partial charge on any atom is 0.373 e. The van der Waals surface area contributed by atoms with Crippen LogP contribution < -0.4 is 47.9 Å². The van der Waals surface area contributed by atoms with Crippen molar-refractivity contribution in [2.24, 2.45) is 0 Å². The molecule has 0 aliphatic carbocycles. The second-order valence-corrected chi connectivity index (χ2v) is 17.4. The van der Waals surface area contributed by atoms with Gasteiger partial charge in [0.25, 0.3) is 0 Å². The number of hydrogen-bond acceptors (Lipinski definition) is 21. The average Bonchev–Trinajstić information content (AvgIpc) is 3.39. The van der Waals surface area contributed by atoms with Crippen LogP contribution in [0.1, 0.15) is 27.6 Å². The fourth-order valence-electron chi connectivity index (χ4n) is 3.87. The Labute approximate surface area is 456 Å². The number of carbonyl (C=O) groups excluding carboxylic acids is 13.